The number of carbonyl (C=O) groups excluding carboxylic acids is 1. The van der Waals surface area contributed by atoms with Crippen molar-refractivity contribution in [3.05, 3.63) is 77.1 Å². The molecule has 116 valence electrons. The van der Waals surface area contributed by atoms with E-state index in [4.69, 9.17) is 0 Å². The quantitative estimate of drug-likeness (QED) is 0.744. The Hall–Kier alpha value is -2.88. The summed E-state index contributed by atoms with van der Waals surface area (Å²) in [6, 6.07) is 15.8. The van der Waals surface area contributed by atoms with Crippen LogP contribution in [0.3, 0.4) is 0 Å². The number of carboxylic acids is 1. The summed E-state index contributed by atoms with van der Waals surface area (Å²) < 4.78 is 1.64. The minimum atomic E-state index is -1.26. The van der Waals surface area contributed by atoms with Gasteiger partial charge in [0.2, 0.25) is 0 Å². The van der Waals surface area contributed by atoms with Gasteiger partial charge in [-0.2, -0.15) is 5.10 Å². The summed E-state index contributed by atoms with van der Waals surface area (Å²) in [6.45, 7) is 4.54. The third-order valence-electron chi connectivity index (χ3n) is 3.78. The average molecular weight is 305 g/mol. The normalized spacial score (nSPS) is 10.7. The molecule has 1 heterocycles. The van der Waals surface area contributed by atoms with E-state index in [1.54, 1.807) is 10.9 Å². The molecule has 4 heteroatoms. The van der Waals surface area contributed by atoms with Gasteiger partial charge in [0.05, 0.1) is 12.5 Å². The van der Waals surface area contributed by atoms with Gasteiger partial charge < -0.3 is 9.90 Å². The van der Waals surface area contributed by atoms with Crippen molar-refractivity contribution >= 4 is 5.97 Å². The molecule has 23 heavy (non-hydrogen) atoms. The molecule has 0 radical (unpaired) electrons. The van der Waals surface area contributed by atoms with Crippen molar-refractivity contribution in [2.45, 2.75) is 20.4 Å². The SMILES string of the molecule is Cc1ccc(Cn2cc(-c3ccc(C)cc3)c(C(=O)[O-])n2)cc1. The van der Waals surface area contributed by atoms with Crippen LogP contribution in [0.4, 0.5) is 0 Å². The van der Waals surface area contributed by atoms with Gasteiger partial charge in [0, 0.05) is 11.8 Å². The maximum absolute atomic E-state index is 11.4. The summed E-state index contributed by atoms with van der Waals surface area (Å²) in [5.74, 6) is -1.26. The highest BCUT2D eigenvalue weighted by Gasteiger charge is 2.12. The zero-order valence-corrected chi connectivity index (χ0v) is 13.1. The lowest BCUT2D eigenvalue weighted by Crippen LogP contribution is -2.23. The number of benzene rings is 2. The zero-order valence-electron chi connectivity index (χ0n) is 13.1. The van der Waals surface area contributed by atoms with Gasteiger partial charge in [-0.25, -0.2) is 0 Å². The number of rotatable bonds is 4. The molecule has 2 aromatic carbocycles. The van der Waals surface area contributed by atoms with Crippen LogP contribution in [0.15, 0.2) is 54.7 Å². The molecule has 0 amide bonds. The minimum absolute atomic E-state index is 0.0269. The molecule has 0 aliphatic rings. The Bertz CT molecular complexity index is 831. The fourth-order valence-electron chi connectivity index (χ4n) is 2.48. The molecule has 0 aliphatic carbocycles. The lowest BCUT2D eigenvalue weighted by Gasteiger charge is -2.03. The van der Waals surface area contributed by atoms with Crippen LogP contribution >= 0.6 is 0 Å². The largest absolute Gasteiger partial charge is 0.543 e. The molecule has 0 saturated carbocycles. The molecule has 0 bridgehead atoms. The summed E-state index contributed by atoms with van der Waals surface area (Å²) in [7, 11) is 0. The van der Waals surface area contributed by atoms with E-state index in [0.717, 1.165) is 16.7 Å². The fourth-order valence-corrected chi connectivity index (χ4v) is 2.48. The van der Waals surface area contributed by atoms with Crippen molar-refractivity contribution < 1.29 is 9.90 Å². The van der Waals surface area contributed by atoms with Crippen molar-refractivity contribution in [1.29, 1.82) is 0 Å². The van der Waals surface area contributed by atoms with E-state index in [0.29, 0.717) is 12.1 Å². The Kier molecular flexibility index (Phi) is 3.98. The van der Waals surface area contributed by atoms with E-state index in [2.05, 4.69) is 5.10 Å². The summed E-state index contributed by atoms with van der Waals surface area (Å²) in [4.78, 5) is 11.4. The zero-order chi connectivity index (χ0) is 16.4. The minimum Gasteiger partial charge on any atom is -0.543 e. The Balaban J connectivity index is 1.96. The van der Waals surface area contributed by atoms with Crippen molar-refractivity contribution in [1.82, 2.24) is 9.78 Å². The topological polar surface area (TPSA) is 58.0 Å². The van der Waals surface area contributed by atoms with Crippen LogP contribution in [0.1, 0.15) is 27.2 Å². The molecule has 0 saturated heterocycles. The fraction of sp³-hybridized carbons (Fsp3) is 0.158. The van der Waals surface area contributed by atoms with Crippen LogP contribution in [0, 0.1) is 13.8 Å². The van der Waals surface area contributed by atoms with E-state index < -0.39 is 5.97 Å². The molecule has 0 spiro atoms. The second-order valence-electron chi connectivity index (χ2n) is 5.73. The molecule has 0 fully saturated rings. The molecular weight excluding hydrogens is 288 g/mol. The van der Waals surface area contributed by atoms with Crippen molar-refractivity contribution in [2.24, 2.45) is 0 Å². The van der Waals surface area contributed by atoms with Gasteiger partial charge in [0.1, 0.15) is 5.69 Å². The molecule has 4 nitrogen and oxygen atoms in total. The second kappa shape index (κ2) is 6.08. The molecule has 0 aliphatic heterocycles. The average Bonchev–Trinajstić information content (AvgIpc) is 2.94. The Morgan fingerprint density at radius 1 is 1.00 bits per heavy atom. The highest BCUT2D eigenvalue weighted by atomic mass is 16.4. The number of hydrogen-bond donors (Lipinski definition) is 0. The summed E-state index contributed by atoms with van der Waals surface area (Å²) in [6.07, 6.45) is 1.76. The monoisotopic (exact) mass is 305 g/mol. The van der Waals surface area contributed by atoms with Gasteiger partial charge in [0.25, 0.3) is 0 Å². The standard InChI is InChI=1S/C19H18N2O2/c1-13-3-7-15(8-4-13)11-21-12-17(18(20-21)19(22)23)16-9-5-14(2)6-10-16/h3-10,12H,11H2,1-2H3,(H,22,23)/p-1. The van der Waals surface area contributed by atoms with E-state index in [-0.39, 0.29) is 5.69 Å². The number of aromatic nitrogens is 2. The third-order valence-corrected chi connectivity index (χ3v) is 3.78. The number of aryl methyl sites for hydroxylation is 2. The van der Waals surface area contributed by atoms with Crippen LogP contribution in [-0.4, -0.2) is 15.7 Å². The molecule has 0 N–H and O–H groups in total. The van der Waals surface area contributed by atoms with Crippen LogP contribution in [0.2, 0.25) is 0 Å². The lowest BCUT2D eigenvalue weighted by molar-refractivity contribution is -0.255. The molecule has 0 unspecified atom stereocenters. The number of carbonyl (C=O) groups is 1. The summed E-state index contributed by atoms with van der Waals surface area (Å²) in [5, 5.41) is 15.6. The first kappa shape index (κ1) is 15.0. The Morgan fingerprint density at radius 2 is 1.57 bits per heavy atom. The summed E-state index contributed by atoms with van der Waals surface area (Å²) >= 11 is 0. The van der Waals surface area contributed by atoms with E-state index in [1.165, 1.54) is 5.56 Å². The molecular formula is C19H17N2O2-. The first-order valence-corrected chi connectivity index (χ1v) is 7.44. The molecule has 3 aromatic rings. The smallest absolute Gasteiger partial charge is 0.116 e. The third kappa shape index (κ3) is 3.31. The first-order chi connectivity index (χ1) is 11.0. The predicted octanol–water partition coefficient (Wildman–Crippen LogP) is 2.58. The number of hydrogen-bond acceptors (Lipinski definition) is 3. The predicted molar refractivity (Wildman–Crippen MR) is 87.0 cm³/mol. The van der Waals surface area contributed by atoms with E-state index in [1.807, 2.05) is 62.4 Å². The molecule has 0 atom stereocenters. The van der Waals surface area contributed by atoms with Crippen molar-refractivity contribution in [2.75, 3.05) is 0 Å². The lowest BCUT2D eigenvalue weighted by atomic mass is 10.1. The molecule has 1 aromatic heterocycles. The van der Waals surface area contributed by atoms with Crippen molar-refractivity contribution in [3.8, 4) is 11.1 Å². The number of carboxylic acid groups (broad SMARTS) is 1. The first-order valence-electron chi connectivity index (χ1n) is 7.44. The van der Waals surface area contributed by atoms with E-state index >= 15 is 0 Å². The van der Waals surface area contributed by atoms with Gasteiger partial charge in [0.15, 0.2) is 0 Å². The Morgan fingerprint density at radius 3 is 2.13 bits per heavy atom. The number of aromatic carboxylic acids is 1. The van der Waals surface area contributed by atoms with Crippen LogP contribution in [0.25, 0.3) is 11.1 Å². The van der Waals surface area contributed by atoms with E-state index in [9.17, 15) is 9.90 Å². The number of nitrogens with zero attached hydrogens (tertiary/aromatic N) is 2. The molecule has 3 rings (SSSR count). The summed E-state index contributed by atoms with van der Waals surface area (Å²) in [5.41, 5.74) is 4.75. The highest BCUT2D eigenvalue weighted by molar-refractivity contribution is 5.92. The van der Waals surface area contributed by atoms with Gasteiger partial charge in [-0.1, -0.05) is 59.7 Å². The maximum atomic E-state index is 11.4. The van der Waals surface area contributed by atoms with Crippen LogP contribution in [0.5, 0.6) is 0 Å². The van der Waals surface area contributed by atoms with Gasteiger partial charge in [-0.15, -0.1) is 0 Å². The highest BCUT2D eigenvalue weighted by Crippen LogP contribution is 2.23. The maximum Gasteiger partial charge on any atom is 0.116 e. The Labute approximate surface area is 135 Å². The van der Waals surface area contributed by atoms with Crippen LogP contribution in [-0.2, 0) is 6.54 Å². The van der Waals surface area contributed by atoms with Gasteiger partial charge in [-0.05, 0) is 25.0 Å². The van der Waals surface area contributed by atoms with Crippen LogP contribution < -0.4 is 5.11 Å². The van der Waals surface area contributed by atoms with Gasteiger partial charge in [-0.3, -0.25) is 4.68 Å². The van der Waals surface area contributed by atoms with Gasteiger partial charge >= 0.3 is 0 Å². The second-order valence-corrected chi connectivity index (χ2v) is 5.73. The van der Waals surface area contributed by atoms with Crippen molar-refractivity contribution in [3.63, 3.8) is 0 Å².